The zero-order chi connectivity index (χ0) is 22.0. The number of amides is 2. The Hall–Kier alpha value is -3.55. The van der Waals surface area contributed by atoms with E-state index < -0.39 is 11.7 Å². The average Bonchev–Trinajstić information content (AvgIpc) is 3.27. The lowest BCUT2D eigenvalue weighted by Crippen LogP contribution is -2.38. The molecule has 0 aliphatic carbocycles. The molecular formula is C23H22F2N4O2. The van der Waals surface area contributed by atoms with Crippen molar-refractivity contribution in [2.45, 2.75) is 25.7 Å². The van der Waals surface area contributed by atoms with Gasteiger partial charge >= 0.3 is 0 Å². The van der Waals surface area contributed by atoms with Gasteiger partial charge in [0.15, 0.2) is 5.69 Å². The van der Waals surface area contributed by atoms with Crippen molar-refractivity contribution in [3.8, 4) is 0 Å². The number of hydrogen-bond acceptors (Lipinski definition) is 3. The van der Waals surface area contributed by atoms with Crippen LogP contribution in [-0.2, 0) is 0 Å². The molecule has 3 aromatic rings. The van der Waals surface area contributed by atoms with Crippen LogP contribution in [-0.4, -0.2) is 40.0 Å². The van der Waals surface area contributed by atoms with Gasteiger partial charge in [0.25, 0.3) is 11.8 Å². The molecule has 160 valence electrons. The first-order valence-electron chi connectivity index (χ1n) is 10.1. The molecule has 2 amide bonds. The number of anilines is 1. The molecule has 6 nitrogen and oxygen atoms in total. The number of aryl methyl sites for hydroxylation is 1. The molecular weight excluding hydrogens is 402 g/mol. The minimum atomic E-state index is -0.517. The second-order valence-electron chi connectivity index (χ2n) is 7.67. The fraction of sp³-hybridized carbons (Fsp3) is 0.261. The number of para-hydroxylation sites is 1. The Labute approximate surface area is 178 Å². The van der Waals surface area contributed by atoms with Crippen LogP contribution in [0.5, 0.6) is 0 Å². The van der Waals surface area contributed by atoms with Crippen LogP contribution in [0.2, 0.25) is 0 Å². The Bertz CT molecular complexity index is 1120. The van der Waals surface area contributed by atoms with Gasteiger partial charge in [0.05, 0.1) is 5.69 Å². The van der Waals surface area contributed by atoms with E-state index >= 15 is 0 Å². The van der Waals surface area contributed by atoms with Crippen LogP contribution in [0.3, 0.4) is 0 Å². The van der Waals surface area contributed by atoms with Crippen LogP contribution in [0.1, 0.15) is 50.9 Å². The summed E-state index contributed by atoms with van der Waals surface area (Å²) in [7, 11) is 0. The lowest BCUT2D eigenvalue weighted by molar-refractivity contribution is 0.0711. The molecule has 0 unspecified atom stereocenters. The van der Waals surface area contributed by atoms with Crippen molar-refractivity contribution in [2.24, 2.45) is 0 Å². The van der Waals surface area contributed by atoms with E-state index in [4.69, 9.17) is 0 Å². The standard InChI is InChI=1S/C23H22F2N4O2/c1-14-6-7-16(12-18(14)25)23(31)29-10-8-15(9-11-29)20-13-21(28-27-20)22(30)26-19-5-3-2-4-17(19)24/h2-7,12-13,15H,8-11H2,1H3,(H,26,30)(H,27,28). The maximum atomic E-state index is 13.8. The first kappa shape index (κ1) is 20.7. The number of benzene rings is 2. The molecule has 2 N–H and O–H groups in total. The molecule has 8 heteroatoms. The van der Waals surface area contributed by atoms with Gasteiger partial charge in [-0.3, -0.25) is 14.7 Å². The van der Waals surface area contributed by atoms with Crippen LogP contribution in [0, 0.1) is 18.6 Å². The molecule has 0 saturated carbocycles. The van der Waals surface area contributed by atoms with E-state index in [0.29, 0.717) is 37.1 Å². The number of piperidine rings is 1. The van der Waals surface area contributed by atoms with Crippen molar-refractivity contribution >= 4 is 17.5 Å². The van der Waals surface area contributed by atoms with Crippen molar-refractivity contribution in [1.82, 2.24) is 15.1 Å². The Morgan fingerprint density at radius 1 is 1.06 bits per heavy atom. The first-order valence-corrected chi connectivity index (χ1v) is 10.1. The number of likely N-dealkylation sites (tertiary alicyclic amines) is 1. The summed E-state index contributed by atoms with van der Waals surface area (Å²) in [5.41, 5.74) is 1.91. The Kier molecular flexibility index (Phi) is 5.79. The molecule has 0 bridgehead atoms. The zero-order valence-electron chi connectivity index (χ0n) is 17.0. The molecule has 1 aliphatic heterocycles. The molecule has 0 radical (unpaired) electrons. The third kappa shape index (κ3) is 4.47. The second kappa shape index (κ2) is 8.67. The maximum absolute atomic E-state index is 13.8. The summed E-state index contributed by atoms with van der Waals surface area (Å²) in [6.45, 7) is 2.70. The van der Waals surface area contributed by atoms with Gasteiger partial charge in [0.1, 0.15) is 11.6 Å². The van der Waals surface area contributed by atoms with E-state index in [-0.39, 0.29) is 29.0 Å². The summed E-state index contributed by atoms with van der Waals surface area (Å²) in [5.74, 6) is -1.48. The van der Waals surface area contributed by atoms with Crippen LogP contribution in [0.4, 0.5) is 14.5 Å². The molecule has 1 aliphatic rings. The summed E-state index contributed by atoms with van der Waals surface area (Å²) in [6, 6.07) is 12.1. The van der Waals surface area contributed by atoms with Crippen molar-refractivity contribution < 1.29 is 18.4 Å². The third-order valence-electron chi connectivity index (χ3n) is 5.59. The Morgan fingerprint density at radius 2 is 1.81 bits per heavy atom. The highest BCUT2D eigenvalue weighted by molar-refractivity contribution is 6.03. The minimum absolute atomic E-state index is 0.0939. The van der Waals surface area contributed by atoms with Crippen LogP contribution in [0.15, 0.2) is 48.5 Å². The highest BCUT2D eigenvalue weighted by Gasteiger charge is 2.26. The largest absolute Gasteiger partial charge is 0.339 e. The van der Waals surface area contributed by atoms with E-state index in [0.717, 1.165) is 5.69 Å². The number of hydrogen-bond donors (Lipinski definition) is 2. The topological polar surface area (TPSA) is 78.1 Å². The van der Waals surface area contributed by atoms with E-state index in [1.807, 2.05) is 0 Å². The number of nitrogens with one attached hydrogen (secondary N) is 2. The summed E-state index contributed by atoms with van der Waals surface area (Å²) in [4.78, 5) is 26.7. The lowest BCUT2D eigenvalue weighted by atomic mass is 9.93. The zero-order valence-corrected chi connectivity index (χ0v) is 17.0. The molecule has 4 rings (SSSR count). The molecule has 0 atom stereocenters. The monoisotopic (exact) mass is 424 g/mol. The average molecular weight is 424 g/mol. The quantitative estimate of drug-likeness (QED) is 0.657. The molecule has 0 spiro atoms. The normalized spacial score (nSPS) is 14.5. The van der Waals surface area contributed by atoms with E-state index in [2.05, 4.69) is 15.5 Å². The predicted molar refractivity (Wildman–Crippen MR) is 112 cm³/mol. The van der Waals surface area contributed by atoms with Crippen molar-refractivity contribution in [3.63, 3.8) is 0 Å². The highest BCUT2D eigenvalue weighted by Crippen LogP contribution is 2.28. The van der Waals surface area contributed by atoms with Gasteiger partial charge < -0.3 is 10.2 Å². The summed E-state index contributed by atoms with van der Waals surface area (Å²) >= 11 is 0. The van der Waals surface area contributed by atoms with Gasteiger partial charge in [-0.1, -0.05) is 18.2 Å². The van der Waals surface area contributed by atoms with Crippen molar-refractivity contribution in [2.75, 3.05) is 18.4 Å². The number of aromatic amines is 1. The summed E-state index contributed by atoms with van der Waals surface area (Å²) in [6.07, 6.45) is 1.38. The molecule has 1 fully saturated rings. The number of nitrogens with zero attached hydrogens (tertiary/aromatic N) is 2. The van der Waals surface area contributed by atoms with Gasteiger partial charge in [-0.05, 0) is 55.7 Å². The Balaban J connectivity index is 1.36. The minimum Gasteiger partial charge on any atom is -0.339 e. The van der Waals surface area contributed by atoms with Crippen LogP contribution >= 0.6 is 0 Å². The van der Waals surface area contributed by atoms with Crippen molar-refractivity contribution in [3.05, 3.63) is 82.7 Å². The second-order valence-corrected chi connectivity index (χ2v) is 7.67. The highest BCUT2D eigenvalue weighted by atomic mass is 19.1. The molecule has 2 heterocycles. The van der Waals surface area contributed by atoms with Crippen LogP contribution < -0.4 is 5.32 Å². The number of rotatable bonds is 4. The number of H-pyrrole nitrogens is 1. The summed E-state index contributed by atoms with van der Waals surface area (Å²) < 4.78 is 27.5. The smallest absolute Gasteiger partial charge is 0.276 e. The number of carbonyl (C=O) groups excluding carboxylic acids is 2. The first-order chi connectivity index (χ1) is 14.9. The van der Waals surface area contributed by atoms with E-state index in [1.165, 1.54) is 18.2 Å². The lowest BCUT2D eigenvalue weighted by Gasteiger charge is -2.31. The number of carbonyl (C=O) groups is 2. The van der Waals surface area contributed by atoms with Gasteiger partial charge in [-0.2, -0.15) is 5.10 Å². The fourth-order valence-corrected chi connectivity index (χ4v) is 3.71. The molecule has 31 heavy (non-hydrogen) atoms. The van der Waals surface area contributed by atoms with E-state index in [9.17, 15) is 18.4 Å². The molecule has 1 saturated heterocycles. The SMILES string of the molecule is Cc1ccc(C(=O)N2CCC(c3cc(C(=O)Nc4ccccc4F)n[nH]3)CC2)cc1F. The predicted octanol–water partition coefficient (Wildman–Crippen LogP) is 4.27. The van der Waals surface area contributed by atoms with Crippen molar-refractivity contribution in [1.29, 1.82) is 0 Å². The van der Waals surface area contributed by atoms with Gasteiger partial charge in [-0.25, -0.2) is 8.78 Å². The number of aromatic nitrogens is 2. The third-order valence-corrected chi connectivity index (χ3v) is 5.59. The molecule has 1 aromatic heterocycles. The Morgan fingerprint density at radius 3 is 2.52 bits per heavy atom. The van der Waals surface area contributed by atoms with Gasteiger partial charge in [0, 0.05) is 30.3 Å². The van der Waals surface area contributed by atoms with Gasteiger partial charge in [-0.15, -0.1) is 0 Å². The molecule has 2 aromatic carbocycles. The fourth-order valence-electron chi connectivity index (χ4n) is 3.71. The number of halogens is 2. The van der Waals surface area contributed by atoms with Crippen LogP contribution in [0.25, 0.3) is 0 Å². The van der Waals surface area contributed by atoms with Gasteiger partial charge in [0.2, 0.25) is 0 Å². The summed E-state index contributed by atoms with van der Waals surface area (Å²) in [5, 5.41) is 9.46. The van der Waals surface area contributed by atoms with E-state index in [1.54, 1.807) is 42.2 Å². The maximum Gasteiger partial charge on any atom is 0.276 e.